The van der Waals surface area contributed by atoms with Gasteiger partial charge in [-0.1, -0.05) is 24.4 Å². The topological polar surface area (TPSA) is 56.3 Å². The number of carbonyl (C=O) groups excluding carboxylic acids is 2. The summed E-state index contributed by atoms with van der Waals surface area (Å²) in [5.74, 6) is -0.0388. The first-order chi connectivity index (χ1) is 15.6. The van der Waals surface area contributed by atoms with E-state index in [1.165, 1.54) is 18.2 Å². The Morgan fingerprint density at radius 1 is 1.06 bits per heavy atom. The molecule has 3 rings (SSSR count). The second-order valence-electron chi connectivity index (χ2n) is 8.39. The van der Waals surface area contributed by atoms with E-state index in [1.807, 2.05) is 0 Å². The lowest BCUT2D eigenvalue weighted by atomic mass is 9.78. The summed E-state index contributed by atoms with van der Waals surface area (Å²) in [6.07, 6.45) is 1.26. The zero-order chi connectivity index (χ0) is 24.0. The van der Waals surface area contributed by atoms with Crippen molar-refractivity contribution < 1.29 is 31.9 Å². The number of benzene rings is 1. The maximum absolute atomic E-state index is 13.4. The minimum atomic E-state index is -4.53. The summed E-state index contributed by atoms with van der Waals surface area (Å²) in [5, 5.41) is -0.0110. The molecule has 0 bridgehead atoms. The van der Waals surface area contributed by atoms with Crippen LogP contribution in [0.1, 0.15) is 61.0 Å². The third-order valence-corrected chi connectivity index (χ3v) is 6.24. The number of hydrogen-bond donors (Lipinski definition) is 0. The van der Waals surface area contributed by atoms with Crippen LogP contribution in [-0.2, 0) is 11.0 Å². The number of pyridine rings is 1. The number of ether oxygens (including phenoxy) is 1. The van der Waals surface area contributed by atoms with Crippen LogP contribution in [0.2, 0.25) is 5.02 Å². The Balaban J connectivity index is 1.36. The van der Waals surface area contributed by atoms with Crippen molar-refractivity contribution in [1.82, 2.24) is 4.98 Å². The quantitative estimate of drug-likeness (QED) is 0.293. The number of alkyl halides is 3. The van der Waals surface area contributed by atoms with Crippen molar-refractivity contribution in [1.29, 1.82) is 0 Å². The summed E-state index contributed by atoms with van der Waals surface area (Å²) < 4.78 is 56.5. The van der Waals surface area contributed by atoms with Crippen molar-refractivity contribution in [3.8, 4) is 5.75 Å². The van der Waals surface area contributed by atoms with E-state index >= 15 is 0 Å². The highest BCUT2D eigenvalue weighted by molar-refractivity contribution is 6.30. The predicted molar refractivity (Wildman–Crippen MR) is 115 cm³/mol. The highest BCUT2D eigenvalue weighted by Gasteiger charge is 2.32. The zero-order valence-electron chi connectivity index (χ0n) is 17.8. The lowest BCUT2D eigenvalue weighted by molar-refractivity contribution is -0.141. The Bertz CT molecular complexity index is 971. The average Bonchev–Trinajstić information content (AvgIpc) is 2.78. The molecule has 1 aromatic heterocycles. The maximum Gasteiger partial charge on any atom is 0.433 e. The molecule has 1 fully saturated rings. The van der Waals surface area contributed by atoms with Gasteiger partial charge in [-0.15, -0.1) is 0 Å². The van der Waals surface area contributed by atoms with Gasteiger partial charge in [0.15, 0.2) is 11.6 Å². The first-order valence-corrected chi connectivity index (χ1v) is 11.2. The van der Waals surface area contributed by atoms with Crippen molar-refractivity contribution in [3.63, 3.8) is 0 Å². The molecule has 0 N–H and O–H groups in total. The van der Waals surface area contributed by atoms with Crippen LogP contribution in [0.4, 0.5) is 17.6 Å². The normalized spacial score (nSPS) is 18.7. The lowest BCUT2D eigenvalue weighted by Crippen LogP contribution is -2.21. The SMILES string of the molecule is O=C(COc1ccc(Cl)c(F)c1)CC1CCC(CCC(=O)c2ccc(C(F)(F)F)nc2)CC1. The summed E-state index contributed by atoms with van der Waals surface area (Å²) in [7, 11) is 0. The predicted octanol–water partition coefficient (Wildman–Crippen LogP) is 6.70. The number of rotatable bonds is 9. The van der Waals surface area contributed by atoms with Gasteiger partial charge >= 0.3 is 6.18 Å². The molecule has 0 radical (unpaired) electrons. The van der Waals surface area contributed by atoms with Gasteiger partial charge in [0, 0.05) is 30.7 Å². The van der Waals surface area contributed by atoms with Gasteiger partial charge < -0.3 is 4.74 Å². The number of carbonyl (C=O) groups is 2. The molecule has 0 aliphatic heterocycles. The molecule has 9 heteroatoms. The summed E-state index contributed by atoms with van der Waals surface area (Å²) in [4.78, 5) is 27.8. The Morgan fingerprint density at radius 3 is 2.36 bits per heavy atom. The lowest BCUT2D eigenvalue weighted by Gasteiger charge is -2.28. The number of nitrogens with zero attached hydrogens (tertiary/aromatic N) is 1. The smallest absolute Gasteiger partial charge is 0.433 e. The first-order valence-electron chi connectivity index (χ1n) is 10.8. The van der Waals surface area contributed by atoms with Gasteiger partial charge in [0.2, 0.25) is 0 Å². The standard InChI is InChI=1S/C24H24ClF4NO3/c25-20-8-7-19(12-21(20)26)33-14-18(31)11-16-3-1-15(2-4-16)5-9-22(32)17-6-10-23(30-13-17)24(27,28)29/h6-8,10,12-13,15-16H,1-5,9,11,14H2. The third kappa shape index (κ3) is 7.52. The molecule has 0 saturated heterocycles. The molecule has 4 nitrogen and oxygen atoms in total. The van der Waals surface area contributed by atoms with Crippen molar-refractivity contribution in [2.75, 3.05) is 6.61 Å². The molecule has 1 heterocycles. The van der Waals surface area contributed by atoms with Gasteiger partial charge in [-0.3, -0.25) is 14.6 Å². The van der Waals surface area contributed by atoms with E-state index in [9.17, 15) is 27.2 Å². The molecule has 0 spiro atoms. The van der Waals surface area contributed by atoms with E-state index in [0.29, 0.717) is 18.8 Å². The molecule has 1 aromatic carbocycles. The number of halogens is 5. The molecule has 1 saturated carbocycles. The van der Waals surface area contributed by atoms with Crippen LogP contribution >= 0.6 is 11.6 Å². The fraction of sp³-hybridized carbons (Fsp3) is 0.458. The average molecular weight is 486 g/mol. The highest BCUT2D eigenvalue weighted by atomic mass is 35.5. The van der Waals surface area contributed by atoms with Crippen LogP contribution in [0.3, 0.4) is 0 Å². The minimum absolute atomic E-state index is 0.0110. The van der Waals surface area contributed by atoms with Gasteiger partial charge in [-0.2, -0.15) is 13.2 Å². The van der Waals surface area contributed by atoms with E-state index < -0.39 is 17.7 Å². The molecule has 33 heavy (non-hydrogen) atoms. The van der Waals surface area contributed by atoms with Gasteiger partial charge in [0.25, 0.3) is 0 Å². The van der Waals surface area contributed by atoms with E-state index in [2.05, 4.69) is 4.98 Å². The fourth-order valence-corrected chi connectivity index (χ4v) is 4.16. The van der Waals surface area contributed by atoms with Crippen LogP contribution in [0.25, 0.3) is 0 Å². The first kappa shape index (κ1) is 25.1. The van der Waals surface area contributed by atoms with E-state index in [4.69, 9.17) is 16.3 Å². The molecule has 1 aliphatic carbocycles. The Labute approximate surface area is 194 Å². The molecule has 178 valence electrons. The summed E-state index contributed by atoms with van der Waals surface area (Å²) in [6.45, 7) is -0.128. The van der Waals surface area contributed by atoms with E-state index in [0.717, 1.165) is 44.0 Å². The second kappa shape index (κ2) is 11.1. The summed E-state index contributed by atoms with van der Waals surface area (Å²) in [5.41, 5.74) is -0.833. The van der Waals surface area contributed by atoms with Gasteiger partial charge in [0.1, 0.15) is 23.9 Å². The molecule has 2 aromatic rings. The highest BCUT2D eigenvalue weighted by Crippen LogP contribution is 2.34. The number of Topliss-reactive ketones (excluding diaryl/α,β-unsaturated/α-hetero) is 2. The molecule has 0 atom stereocenters. The molecule has 1 aliphatic rings. The summed E-state index contributed by atoms with van der Waals surface area (Å²) >= 11 is 5.62. The third-order valence-electron chi connectivity index (χ3n) is 5.93. The minimum Gasteiger partial charge on any atom is -0.486 e. The van der Waals surface area contributed by atoms with Gasteiger partial charge in [-0.05, 0) is 55.4 Å². The zero-order valence-corrected chi connectivity index (χ0v) is 18.6. The number of ketones is 2. The van der Waals surface area contributed by atoms with Crippen LogP contribution < -0.4 is 4.74 Å². The van der Waals surface area contributed by atoms with Crippen LogP contribution in [0.15, 0.2) is 36.5 Å². The Kier molecular flexibility index (Phi) is 8.46. The fourth-order valence-electron chi connectivity index (χ4n) is 4.04. The molecular weight excluding hydrogens is 462 g/mol. The van der Waals surface area contributed by atoms with E-state index in [1.54, 1.807) is 0 Å². The molecule has 0 unspecified atom stereocenters. The van der Waals surface area contributed by atoms with Gasteiger partial charge in [-0.25, -0.2) is 4.39 Å². The largest absolute Gasteiger partial charge is 0.486 e. The van der Waals surface area contributed by atoms with Crippen molar-refractivity contribution >= 4 is 23.2 Å². The van der Waals surface area contributed by atoms with Crippen molar-refractivity contribution in [2.24, 2.45) is 11.8 Å². The van der Waals surface area contributed by atoms with Crippen LogP contribution in [0, 0.1) is 17.7 Å². The summed E-state index contributed by atoms with van der Waals surface area (Å²) in [6, 6.07) is 6.01. The van der Waals surface area contributed by atoms with Crippen molar-refractivity contribution in [2.45, 2.75) is 51.1 Å². The van der Waals surface area contributed by atoms with E-state index in [-0.39, 0.29) is 46.8 Å². The van der Waals surface area contributed by atoms with Crippen LogP contribution in [0.5, 0.6) is 5.75 Å². The van der Waals surface area contributed by atoms with Crippen molar-refractivity contribution in [3.05, 3.63) is 58.6 Å². The molecular formula is C24H24ClF4NO3. The molecule has 0 amide bonds. The number of aromatic nitrogens is 1. The number of hydrogen-bond acceptors (Lipinski definition) is 4. The van der Waals surface area contributed by atoms with Crippen LogP contribution in [-0.4, -0.2) is 23.2 Å². The second-order valence-corrected chi connectivity index (χ2v) is 8.79. The maximum atomic E-state index is 13.4. The van der Waals surface area contributed by atoms with Gasteiger partial charge in [0.05, 0.1) is 5.02 Å². The Hall–Kier alpha value is -2.48. The monoisotopic (exact) mass is 485 g/mol. The Morgan fingerprint density at radius 2 is 1.76 bits per heavy atom.